The highest BCUT2D eigenvalue weighted by Gasteiger charge is 2.26. The maximum Gasteiger partial charge on any atom is 0.272 e. The van der Waals surface area contributed by atoms with Gasteiger partial charge in [-0.1, -0.05) is 26.3 Å². The number of nitrogens with zero attached hydrogens (tertiary/aromatic N) is 3. The van der Waals surface area contributed by atoms with Gasteiger partial charge in [0.15, 0.2) is 0 Å². The highest BCUT2D eigenvalue weighted by atomic mass is 16.2. The summed E-state index contributed by atoms with van der Waals surface area (Å²) in [7, 11) is 0. The van der Waals surface area contributed by atoms with Gasteiger partial charge in [0.1, 0.15) is 11.3 Å². The Balaban J connectivity index is 1.97. The van der Waals surface area contributed by atoms with Crippen molar-refractivity contribution in [2.75, 3.05) is 13.1 Å². The van der Waals surface area contributed by atoms with E-state index in [1.165, 1.54) is 0 Å². The number of hydrogen-bond donors (Lipinski definition) is 0. The summed E-state index contributed by atoms with van der Waals surface area (Å²) in [5, 5.41) is 0. The largest absolute Gasteiger partial charge is 0.337 e. The van der Waals surface area contributed by atoms with Crippen LogP contribution in [0.5, 0.6) is 0 Å². The molecule has 1 fully saturated rings. The van der Waals surface area contributed by atoms with Gasteiger partial charge in [0, 0.05) is 19.3 Å². The van der Waals surface area contributed by atoms with E-state index in [0.717, 1.165) is 61.7 Å². The molecular weight excluding hydrogens is 262 g/mol. The van der Waals surface area contributed by atoms with Crippen molar-refractivity contribution in [3.8, 4) is 0 Å². The summed E-state index contributed by atoms with van der Waals surface area (Å²) in [5.41, 5.74) is 2.57. The van der Waals surface area contributed by atoms with Crippen LogP contribution in [0.2, 0.25) is 0 Å². The maximum atomic E-state index is 12.9. The number of carbonyl (C=O) groups is 1. The van der Waals surface area contributed by atoms with Crippen molar-refractivity contribution < 1.29 is 4.79 Å². The number of carbonyl (C=O) groups excluding carboxylic acids is 1. The number of amides is 1. The van der Waals surface area contributed by atoms with Crippen LogP contribution in [0.15, 0.2) is 24.4 Å². The number of pyridine rings is 1. The zero-order valence-electron chi connectivity index (χ0n) is 12.9. The average Bonchev–Trinajstić information content (AvgIpc) is 2.85. The van der Waals surface area contributed by atoms with Gasteiger partial charge >= 0.3 is 0 Å². The molecule has 21 heavy (non-hydrogen) atoms. The summed E-state index contributed by atoms with van der Waals surface area (Å²) in [4.78, 5) is 19.6. The van der Waals surface area contributed by atoms with Crippen LogP contribution < -0.4 is 0 Å². The molecule has 0 aliphatic carbocycles. The molecule has 4 heteroatoms. The summed E-state index contributed by atoms with van der Waals surface area (Å²) in [5.74, 6) is 0.871. The molecule has 0 saturated carbocycles. The topological polar surface area (TPSA) is 37.6 Å². The van der Waals surface area contributed by atoms with Crippen LogP contribution >= 0.6 is 0 Å². The highest BCUT2D eigenvalue weighted by Crippen LogP contribution is 2.21. The van der Waals surface area contributed by atoms with Gasteiger partial charge in [-0.25, -0.2) is 4.98 Å². The molecule has 112 valence electrons. The number of aromatic nitrogens is 2. The second kappa shape index (κ2) is 5.88. The van der Waals surface area contributed by atoms with Gasteiger partial charge in [-0.3, -0.25) is 9.20 Å². The Hall–Kier alpha value is -1.84. The molecule has 1 saturated heterocycles. The van der Waals surface area contributed by atoms with E-state index < -0.39 is 0 Å². The molecule has 1 amide bonds. The van der Waals surface area contributed by atoms with Gasteiger partial charge in [0.05, 0.1) is 5.69 Å². The molecule has 0 unspecified atom stereocenters. The SMILES string of the molecule is CCCc1nc2ccccn2c1C(=O)N1CCC(C)CC1. The lowest BCUT2D eigenvalue weighted by molar-refractivity contribution is 0.0689. The first-order valence-corrected chi connectivity index (χ1v) is 7.96. The molecule has 0 spiro atoms. The average molecular weight is 285 g/mol. The molecule has 4 nitrogen and oxygen atoms in total. The monoisotopic (exact) mass is 285 g/mol. The Morgan fingerprint density at radius 2 is 2.10 bits per heavy atom. The minimum absolute atomic E-state index is 0.143. The zero-order chi connectivity index (χ0) is 14.8. The fourth-order valence-corrected chi connectivity index (χ4v) is 3.04. The van der Waals surface area contributed by atoms with Gasteiger partial charge < -0.3 is 4.90 Å². The number of likely N-dealkylation sites (tertiary alicyclic amines) is 1. The van der Waals surface area contributed by atoms with Crippen molar-refractivity contribution in [1.29, 1.82) is 0 Å². The van der Waals surface area contributed by atoms with Crippen molar-refractivity contribution in [3.63, 3.8) is 0 Å². The number of fused-ring (bicyclic) bond motifs is 1. The molecule has 0 N–H and O–H groups in total. The van der Waals surface area contributed by atoms with Crippen molar-refractivity contribution in [3.05, 3.63) is 35.8 Å². The minimum Gasteiger partial charge on any atom is -0.337 e. The van der Waals surface area contributed by atoms with Gasteiger partial charge in [-0.15, -0.1) is 0 Å². The van der Waals surface area contributed by atoms with Crippen LogP contribution in [0.4, 0.5) is 0 Å². The van der Waals surface area contributed by atoms with Gasteiger partial charge in [-0.2, -0.15) is 0 Å². The van der Waals surface area contributed by atoms with Gasteiger partial charge in [-0.05, 0) is 37.3 Å². The number of aryl methyl sites for hydroxylation is 1. The molecule has 3 rings (SSSR count). The summed E-state index contributed by atoms with van der Waals surface area (Å²) in [6.07, 6.45) is 6.01. The lowest BCUT2D eigenvalue weighted by atomic mass is 9.99. The smallest absolute Gasteiger partial charge is 0.272 e. The molecular formula is C17H23N3O. The van der Waals surface area contributed by atoms with E-state index in [9.17, 15) is 4.79 Å². The summed E-state index contributed by atoms with van der Waals surface area (Å²) in [6, 6.07) is 5.89. The Kier molecular flexibility index (Phi) is 3.95. The molecule has 3 heterocycles. The lowest BCUT2D eigenvalue weighted by Crippen LogP contribution is -2.38. The van der Waals surface area contributed by atoms with Crippen LogP contribution in [0.25, 0.3) is 5.65 Å². The van der Waals surface area contributed by atoms with Gasteiger partial charge in [0.2, 0.25) is 0 Å². The van der Waals surface area contributed by atoms with Crippen molar-refractivity contribution in [2.45, 2.75) is 39.5 Å². The van der Waals surface area contributed by atoms with Crippen molar-refractivity contribution in [2.24, 2.45) is 5.92 Å². The third kappa shape index (κ3) is 2.67. The van der Waals surface area contributed by atoms with Crippen LogP contribution in [0.1, 0.15) is 49.3 Å². The van der Waals surface area contributed by atoms with E-state index in [0.29, 0.717) is 0 Å². The van der Waals surface area contributed by atoms with Crippen LogP contribution in [-0.2, 0) is 6.42 Å². The number of imidazole rings is 1. The molecule has 2 aromatic heterocycles. The molecule has 1 aliphatic rings. The molecule has 0 aromatic carbocycles. The molecule has 0 bridgehead atoms. The summed E-state index contributed by atoms with van der Waals surface area (Å²) < 4.78 is 1.95. The first-order chi connectivity index (χ1) is 10.2. The predicted octanol–water partition coefficient (Wildman–Crippen LogP) is 3.16. The lowest BCUT2D eigenvalue weighted by Gasteiger charge is -2.30. The Labute approximate surface area is 125 Å². The quantitative estimate of drug-likeness (QED) is 0.868. The fourth-order valence-electron chi connectivity index (χ4n) is 3.04. The fraction of sp³-hybridized carbons (Fsp3) is 0.529. The first kappa shape index (κ1) is 14.1. The van der Waals surface area contributed by atoms with E-state index in [1.54, 1.807) is 0 Å². The van der Waals surface area contributed by atoms with E-state index in [4.69, 9.17) is 0 Å². The zero-order valence-corrected chi connectivity index (χ0v) is 12.9. The number of hydrogen-bond acceptors (Lipinski definition) is 2. The first-order valence-electron chi connectivity index (χ1n) is 7.96. The normalized spacial score (nSPS) is 16.6. The second-order valence-corrected chi connectivity index (χ2v) is 6.06. The standard InChI is InChI=1S/C17H23N3O/c1-3-6-14-16(20-10-5-4-7-15(20)18-14)17(21)19-11-8-13(2)9-12-19/h4-5,7,10,13H,3,6,8-9,11-12H2,1-2H3. The third-order valence-corrected chi connectivity index (χ3v) is 4.36. The second-order valence-electron chi connectivity index (χ2n) is 6.06. The predicted molar refractivity (Wildman–Crippen MR) is 83.5 cm³/mol. The highest BCUT2D eigenvalue weighted by molar-refractivity contribution is 5.94. The van der Waals surface area contributed by atoms with E-state index >= 15 is 0 Å². The van der Waals surface area contributed by atoms with E-state index in [-0.39, 0.29) is 5.91 Å². The summed E-state index contributed by atoms with van der Waals surface area (Å²) in [6.45, 7) is 6.12. The van der Waals surface area contributed by atoms with E-state index in [1.807, 2.05) is 33.7 Å². The molecule has 1 aliphatic heterocycles. The Bertz CT molecular complexity index is 639. The molecule has 2 aromatic rings. The van der Waals surface area contributed by atoms with Gasteiger partial charge in [0.25, 0.3) is 5.91 Å². The van der Waals surface area contributed by atoms with Crippen LogP contribution in [0.3, 0.4) is 0 Å². The summed E-state index contributed by atoms with van der Waals surface area (Å²) >= 11 is 0. The third-order valence-electron chi connectivity index (χ3n) is 4.36. The molecule has 0 atom stereocenters. The van der Waals surface area contributed by atoms with Crippen molar-refractivity contribution >= 4 is 11.6 Å². The number of rotatable bonds is 3. The van der Waals surface area contributed by atoms with Crippen LogP contribution in [0, 0.1) is 5.92 Å². The van der Waals surface area contributed by atoms with E-state index in [2.05, 4.69) is 18.8 Å². The minimum atomic E-state index is 0.143. The maximum absolute atomic E-state index is 12.9. The Morgan fingerprint density at radius 1 is 1.33 bits per heavy atom. The van der Waals surface area contributed by atoms with Crippen molar-refractivity contribution in [1.82, 2.24) is 14.3 Å². The molecule has 0 radical (unpaired) electrons. The van der Waals surface area contributed by atoms with Crippen LogP contribution in [-0.4, -0.2) is 33.3 Å². The Morgan fingerprint density at radius 3 is 2.81 bits per heavy atom. The number of piperidine rings is 1.